The van der Waals surface area contributed by atoms with Crippen molar-refractivity contribution in [3.8, 4) is 5.75 Å². The number of nitrogens with zero attached hydrogens (tertiary/aromatic N) is 1. The summed E-state index contributed by atoms with van der Waals surface area (Å²) in [4.78, 5) is 27.0. The standard InChI is InChI=1S/C22H22ClNO5/c1-13-12-16(29-3)8-9-17(13)20(25)18-19(14-4-6-15(23)7-5-14)24(10-11-28-2)22(27)21(18)26/h4-9,12,19,25H,10-11H2,1-3H3/b20-18+/t19-/m1/s1. The first kappa shape index (κ1) is 20.9. The van der Waals surface area contributed by atoms with Crippen LogP contribution in [0.25, 0.3) is 5.76 Å². The molecule has 3 rings (SSSR count). The van der Waals surface area contributed by atoms with Crippen LogP contribution in [0.1, 0.15) is 22.7 Å². The summed E-state index contributed by atoms with van der Waals surface area (Å²) in [7, 11) is 3.07. The summed E-state index contributed by atoms with van der Waals surface area (Å²) < 4.78 is 10.3. The third kappa shape index (κ3) is 3.99. The molecular formula is C22H22ClNO5. The number of benzene rings is 2. The molecule has 0 radical (unpaired) electrons. The number of aryl methyl sites for hydroxylation is 1. The lowest BCUT2D eigenvalue weighted by Crippen LogP contribution is -2.32. The number of methoxy groups -OCH3 is 2. The van der Waals surface area contributed by atoms with Crippen molar-refractivity contribution in [2.45, 2.75) is 13.0 Å². The molecule has 0 unspecified atom stereocenters. The number of hydrogen-bond acceptors (Lipinski definition) is 5. The Morgan fingerprint density at radius 2 is 1.83 bits per heavy atom. The molecule has 1 aliphatic rings. The first-order valence-electron chi connectivity index (χ1n) is 9.06. The van der Waals surface area contributed by atoms with Crippen molar-refractivity contribution in [1.29, 1.82) is 0 Å². The fraction of sp³-hybridized carbons (Fsp3) is 0.273. The topological polar surface area (TPSA) is 76.1 Å². The summed E-state index contributed by atoms with van der Waals surface area (Å²) in [6, 6.07) is 11.2. The minimum absolute atomic E-state index is 0.0432. The summed E-state index contributed by atoms with van der Waals surface area (Å²) in [5.74, 6) is -0.985. The van der Waals surface area contributed by atoms with Crippen LogP contribution >= 0.6 is 11.6 Å². The molecule has 152 valence electrons. The van der Waals surface area contributed by atoms with Gasteiger partial charge in [0.1, 0.15) is 11.5 Å². The smallest absolute Gasteiger partial charge is 0.295 e. The van der Waals surface area contributed by atoms with E-state index in [1.165, 1.54) is 12.0 Å². The Kier molecular flexibility index (Phi) is 6.25. The van der Waals surface area contributed by atoms with Gasteiger partial charge in [-0.05, 0) is 48.4 Å². The molecule has 1 fully saturated rings. The number of rotatable bonds is 6. The summed E-state index contributed by atoms with van der Waals surface area (Å²) in [6.07, 6.45) is 0. The van der Waals surface area contributed by atoms with E-state index in [9.17, 15) is 14.7 Å². The molecule has 2 aromatic rings. The van der Waals surface area contributed by atoms with Crippen molar-refractivity contribution < 1.29 is 24.2 Å². The van der Waals surface area contributed by atoms with Crippen LogP contribution in [0.3, 0.4) is 0 Å². The predicted octanol–water partition coefficient (Wildman–Crippen LogP) is 3.73. The Morgan fingerprint density at radius 1 is 1.14 bits per heavy atom. The number of aliphatic hydroxyl groups excluding tert-OH is 1. The quantitative estimate of drug-likeness (QED) is 0.442. The first-order chi connectivity index (χ1) is 13.9. The molecule has 1 aliphatic heterocycles. The van der Waals surface area contributed by atoms with Gasteiger partial charge >= 0.3 is 0 Å². The van der Waals surface area contributed by atoms with E-state index in [2.05, 4.69) is 0 Å². The molecule has 7 heteroatoms. The monoisotopic (exact) mass is 415 g/mol. The van der Waals surface area contributed by atoms with Gasteiger partial charge in [0.05, 0.1) is 25.3 Å². The minimum atomic E-state index is -0.732. The van der Waals surface area contributed by atoms with Crippen molar-refractivity contribution in [1.82, 2.24) is 4.90 Å². The second-order valence-electron chi connectivity index (χ2n) is 6.72. The molecule has 1 atom stereocenters. The molecule has 1 heterocycles. The van der Waals surface area contributed by atoms with Crippen LogP contribution in [0.4, 0.5) is 0 Å². The number of carbonyl (C=O) groups is 2. The van der Waals surface area contributed by atoms with Crippen LogP contribution in [-0.4, -0.2) is 49.1 Å². The molecule has 0 saturated carbocycles. The highest BCUT2D eigenvalue weighted by Gasteiger charge is 2.45. The summed E-state index contributed by atoms with van der Waals surface area (Å²) >= 11 is 6.00. The second-order valence-corrected chi connectivity index (χ2v) is 7.15. The molecule has 1 amide bonds. The average Bonchev–Trinajstić information content (AvgIpc) is 2.96. The Labute approximate surface area is 174 Å². The fourth-order valence-electron chi connectivity index (χ4n) is 3.47. The van der Waals surface area contributed by atoms with Crippen LogP contribution in [0.2, 0.25) is 5.02 Å². The molecule has 0 spiro atoms. The molecular weight excluding hydrogens is 394 g/mol. The molecule has 1 N–H and O–H groups in total. The van der Waals surface area contributed by atoms with E-state index in [0.29, 0.717) is 21.9 Å². The Morgan fingerprint density at radius 3 is 2.41 bits per heavy atom. The number of ether oxygens (including phenoxy) is 2. The number of ketones is 1. The van der Waals surface area contributed by atoms with Crippen LogP contribution in [0.15, 0.2) is 48.0 Å². The highest BCUT2D eigenvalue weighted by atomic mass is 35.5. The number of likely N-dealkylation sites (tertiary alicyclic amines) is 1. The van der Waals surface area contributed by atoms with Gasteiger partial charge in [-0.1, -0.05) is 23.7 Å². The van der Waals surface area contributed by atoms with E-state index >= 15 is 0 Å². The third-order valence-corrected chi connectivity index (χ3v) is 5.20. The first-order valence-corrected chi connectivity index (χ1v) is 9.44. The van der Waals surface area contributed by atoms with Gasteiger partial charge < -0.3 is 19.5 Å². The number of carbonyl (C=O) groups excluding carboxylic acids is 2. The van der Waals surface area contributed by atoms with E-state index < -0.39 is 17.7 Å². The maximum absolute atomic E-state index is 12.9. The highest BCUT2D eigenvalue weighted by Crippen LogP contribution is 2.40. The van der Waals surface area contributed by atoms with Gasteiger partial charge in [0.15, 0.2) is 0 Å². The lowest BCUT2D eigenvalue weighted by Gasteiger charge is -2.25. The van der Waals surface area contributed by atoms with Crippen LogP contribution in [-0.2, 0) is 14.3 Å². The van der Waals surface area contributed by atoms with E-state index in [1.807, 2.05) is 0 Å². The summed E-state index contributed by atoms with van der Waals surface area (Å²) in [6.45, 7) is 2.28. The molecule has 0 aliphatic carbocycles. The number of Topliss-reactive ketones (excluding diaryl/α,β-unsaturated/α-hetero) is 1. The Balaban J connectivity index is 2.17. The van der Waals surface area contributed by atoms with Crippen molar-refractivity contribution in [2.75, 3.05) is 27.4 Å². The van der Waals surface area contributed by atoms with Crippen LogP contribution in [0.5, 0.6) is 5.75 Å². The van der Waals surface area contributed by atoms with Crippen molar-refractivity contribution in [3.63, 3.8) is 0 Å². The zero-order valence-electron chi connectivity index (χ0n) is 16.4. The fourth-order valence-corrected chi connectivity index (χ4v) is 3.59. The van der Waals surface area contributed by atoms with Gasteiger partial charge in [0, 0.05) is 24.2 Å². The lowest BCUT2D eigenvalue weighted by molar-refractivity contribution is -0.140. The molecule has 2 aromatic carbocycles. The van der Waals surface area contributed by atoms with E-state index in [4.69, 9.17) is 21.1 Å². The van der Waals surface area contributed by atoms with Gasteiger partial charge in [0.2, 0.25) is 0 Å². The maximum Gasteiger partial charge on any atom is 0.295 e. The number of hydrogen-bond donors (Lipinski definition) is 1. The van der Waals surface area contributed by atoms with Crippen molar-refractivity contribution in [3.05, 3.63) is 69.8 Å². The minimum Gasteiger partial charge on any atom is -0.507 e. The molecule has 6 nitrogen and oxygen atoms in total. The Hall–Kier alpha value is -2.83. The van der Waals surface area contributed by atoms with E-state index in [-0.39, 0.29) is 24.5 Å². The van der Waals surface area contributed by atoms with Crippen LogP contribution < -0.4 is 4.74 Å². The second kappa shape index (κ2) is 8.68. The maximum atomic E-state index is 12.9. The summed E-state index contributed by atoms with van der Waals surface area (Å²) in [5.41, 5.74) is 1.91. The largest absolute Gasteiger partial charge is 0.507 e. The van der Waals surface area contributed by atoms with Crippen molar-refractivity contribution in [2.24, 2.45) is 0 Å². The Bertz CT molecular complexity index is 968. The van der Waals surface area contributed by atoms with Crippen molar-refractivity contribution >= 4 is 29.1 Å². The average molecular weight is 416 g/mol. The van der Waals surface area contributed by atoms with Gasteiger partial charge in [0.25, 0.3) is 11.7 Å². The van der Waals surface area contributed by atoms with Gasteiger partial charge in [-0.25, -0.2) is 0 Å². The van der Waals surface area contributed by atoms with Gasteiger partial charge in [-0.3, -0.25) is 9.59 Å². The number of halogens is 1. The SMILES string of the molecule is COCCN1C(=O)C(=O)/C(=C(/O)c2ccc(OC)cc2C)[C@H]1c1ccc(Cl)cc1. The van der Waals surface area contributed by atoms with E-state index in [1.54, 1.807) is 56.5 Å². The van der Waals surface area contributed by atoms with E-state index in [0.717, 1.165) is 5.56 Å². The molecule has 1 saturated heterocycles. The van der Waals surface area contributed by atoms with Crippen LogP contribution in [0, 0.1) is 6.92 Å². The van der Waals surface area contributed by atoms with Gasteiger partial charge in [-0.2, -0.15) is 0 Å². The molecule has 0 aromatic heterocycles. The summed E-state index contributed by atoms with van der Waals surface area (Å²) in [5, 5.41) is 11.6. The third-order valence-electron chi connectivity index (χ3n) is 4.95. The molecule has 0 bridgehead atoms. The normalized spacial score (nSPS) is 18.3. The predicted molar refractivity (Wildman–Crippen MR) is 110 cm³/mol. The number of aliphatic hydroxyl groups is 1. The number of amides is 1. The van der Waals surface area contributed by atoms with Gasteiger partial charge in [-0.15, -0.1) is 0 Å². The highest BCUT2D eigenvalue weighted by molar-refractivity contribution is 6.46. The lowest BCUT2D eigenvalue weighted by atomic mass is 9.94. The molecule has 29 heavy (non-hydrogen) atoms. The zero-order valence-corrected chi connectivity index (χ0v) is 17.2. The zero-order chi connectivity index (χ0) is 21.1.